The molecule has 1 aliphatic heterocycles. The summed E-state index contributed by atoms with van der Waals surface area (Å²) in [4.78, 5) is 10.9. The number of hydrogen-bond donors (Lipinski definition) is 1. The predicted octanol–water partition coefficient (Wildman–Crippen LogP) is 1.44. The first-order chi connectivity index (χ1) is 4.49. The van der Waals surface area contributed by atoms with Gasteiger partial charge < -0.3 is 5.32 Å². The molecule has 1 saturated heterocycles. The number of allylic oxidation sites excluding steroid dienone is 1. The molecule has 0 unspecified atom stereocenters. The van der Waals surface area contributed by atoms with Crippen molar-refractivity contribution in [3.05, 3.63) is 12.3 Å². The smallest absolute Gasteiger partial charge is 0.224 e. The summed E-state index contributed by atoms with van der Waals surface area (Å²) in [7, 11) is 0. The first-order valence-electron chi connectivity index (χ1n) is 3.47. The fourth-order valence-corrected chi connectivity index (χ4v) is 1.36. The summed E-state index contributed by atoms with van der Waals surface area (Å²) in [5, 5.41) is 2.70. The van der Waals surface area contributed by atoms with E-state index in [1.54, 1.807) is 0 Å². The van der Waals surface area contributed by atoms with Gasteiger partial charge in [-0.1, -0.05) is 20.4 Å². The van der Waals surface area contributed by atoms with E-state index < -0.39 is 0 Å². The molecule has 0 atom stereocenters. The van der Waals surface area contributed by atoms with E-state index in [4.69, 9.17) is 0 Å². The van der Waals surface area contributed by atoms with Gasteiger partial charge >= 0.3 is 0 Å². The molecule has 1 fully saturated rings. The molecular weight excluding hydrogens is 126 g/mol. The molecule has 1 heterocycles. The maximum Gasteiger partial charge on any atom is 0.224 e. The van der Waals surface area contributed by atoms with E-state index in [-0.39, 0.29) is 11.3 Å². The molecule has 0 bridgehead atoms. The third-order valence-electron chi connectivity index (χ3n) is 1.65. The first-order valence-corrected chi connectivity index (χ1v) is 3.47. The van der Waals surface area contributed by atoms with Crippen LogP contribution >= 0.6 is 0 Å². The minimum atomic E-state index is 0.0984. The zero-order chi connectivity index (χ0) is 7.78. The Labute approximate surface area is 61.3 Å². The third kappa shape index (κ3) is 1.59. The van der Waals surface area contributed by atoms with Crippen LogP contribution in [0.4, 0.5) is 0 Å². The monoisotopic (exact) mass is 139 g/mol. The molecule has 0 saturated carbocycles. The highest BCUT2D eigenvalue weighted by molar-refractivity contribution is 5.79. The summed E-state index contributed by atoms with van der Waals surface area (Å²) in [6.07, 6.45) is 1.52. The molecule has 0 spiro atoms. The normalized spacial score (nSPS) is 24.2. The van der Waals surface area contributed by atoms with Gasteiger partial charge in [-0.15, -0.1) is 0 Å². The maximum atomic E-state index is 10.9. The van der Waals surface area contributed by atoms with E-state index in [9.17, 15) is 4.79 Å². The van der Waals surface area contributed by atoms with E-state index in [0.29, 0.717) is 6.42 Å². The Kier molecular flexibility index (Phi) is 1.55. The lowest BCUT2D eigenvalue weighted by atomic mass is 9.82. The van der Waals surface area contributed by atoms with Gasteiger partial charge in [0.25, 0.3) is 0 Å². The second kappa shape index (κ2) is 2.11. The molecule has 1 amide bonds. The van der Waals surface area contributed by atoms with E-state index in [2.05, 4.69) is 25.7 Å². The van der Waals surface area contributed by atoms with Crippen LogP contribution in [-0.2, 0) is 4.79 Å². The number of carbonyl (C=O) groups is 1. The Hall–Kier alpha value is -0.790. The molecule has 0 aromatic carbocycles. The summed E-state index contributed by atoms with van der Waals surface area (Å²) in [5.74, 6) is 0.0984. The van der Waals surface area contributed by atoms with Crippen LogP contribution in [0.1, 0.15) is 26.7 Å². The molecule has 1 aliphatic rings. The number of nitrogens with one attached hydrogen (secondary N) is 1. The van der Waals surface area contributed by atoms with Crippen LogP contribution < -0.4 is 5.32 Å². The Morgan fingerprint density at radius 1 is 1.50 bits per heavy atom. The molecule has 0 aliphatic carbocycles. The number of carbonyl (C=O) groups excluding carboxylic acids is 1. The fourth-order valence-electron chi connectivity index (χ4n) is 1.36. The quantitative estimate of drug-likeness (QED) is 0.540. The van der Waals surface area contributed by atoms with Gasteiger partial charge in [-0.3, -0.25) is 4.79 Å². The lowest BCUT2D eigenvalue weighted by molar-refractivity contribution is -0.123. The van der Waals surface area contributed by atoms with Gasteiger partial charge in [0.05, 0.1) is 0 Å². The number of hydrogen-bond acceptors (Lipinski definition) is 1. The second-order valence-electron chi connectivity index (χ2n) is 3.67. The lowest BCUT2D eigenvalue weighted by Crippen LogP contribution is -2.35. The number of rotatable bonds is 0. The largest absolute Gasteiger partial charge is 0.330 e. The summed E-state index contributed by atoms with van der Waals surface area (Å²) in [6.45, 7) is 7.89. The summed E-state index contributed by atoms with van der Waals surface area (Å²) in [5.41, 5.74) is 0.959. The van der Waals surface area contributed by atoms with Crippen molar-refractivity contribution in [2.45, 2.75) is 26.7 Å². The zero-order valence-corrected chi connectivity index (χ0v) is 6.53. The second-order valence-corrected chi connectivity index (χ2v) is 3.67. The number of piperidine rings is 1. The molecule has 1 N–H and O–H groups in total. The summed E-state index contributed by atoms with van der Waals surface area (Å²) < 4.78 is 0. The van der Waals surface area contributed by atoms with E-state index in [0.717, 1.165) is 12.1 Å². The Bertz CT molecular complexity index is 164. The Morgan fingerprint density at radius 2 is 2.10 bits per heavy atom. The average molecular weight is 139 g/mol. The maximum absolute atomic E-state index is 10.9. The minimum Gasteiger partial charge on any atom is -0.330 e. The lowest BCUT2D eigenvalue weighted by Gasteiger charge is -2.30. The highest BCUT2D eigenvalue weighted by Crippen LogP contribution is 2.30. The zero-order valence-electron chi connectivity index (χ0n) is 6.53. The molecule has 0 radical (unpaired) electrons. The standard InChI is InChI=1S/C8H13NO/c1-6-4-8(2,3)5-7(10)9-6/h1,4-5H2,2-3H3,(H,9,10). The van der Waals surface area contributed by atoms with Crippen molar-refractivity contribution in [1.29, 1.82) is 0 Å². The van der Waals surface area contributed by atoms with Crippen LogP contribution in [0, 0.1) is 5.41 Å². The first kappa shape index (κ1) is 7.32. The third-order valence-corrected chi connectivity index (χ3v) is 1.65. The Balaban J connectivity index is 2.68. The van der Waals surface area contributed by atoms with Crippen LogP contribution in [0.2, 0.25) is 0 Å². The SMILES string of the molecule is C=C1CC(C)(C)CC(=O)N1. The minimum absolute atomic E-state index is 0.0984. The van der Waals surface area contributed by atoms with Gasteiger partial charge in [0.15, 0.2) is 0 Å². The molecule has 0 aromatic heterocycles. The van der Waals surface area contributed by atoms with Crippen molar-refractivity contribution < 1.29 is 4.79 Å². The molecule has 0 aromatic rings. The molecule has 10 heavy (non-hydrogen) atoms. The van der Waals surface area contributed by atoms with Crippen LogP contribution in [0.15, 0.2) is 12.3 Å². The van der Waals surface area contributed by atoms with Gasteiger partial charge in [-0.05, 0) is 11.8 Å². The van der Waals surface area contributed by atoms with Crippen molar-refractivity contribution in [2.75, 3.05) is 0 Å². The van der Waals surface area contributed by atoms with Crippen molar-refractivity contribution in [2.24, 2.45) is 5.41 Å². The highest BCUT2D eigenvalue weighted by Gasteiger charge is 2.27. The topological polar surface area (TPSA) is 29.1 Å². The molecule has 56 valence electrons. The van der Waals surface area contributed by atoms with Crippen LogP contribution in [0.5, 0.6) is 0 Å². The van der Waals surface area contributed by atoms with E-state index in [1.807, 2.05) is 0 Å². The summed E-state index contributed by atoms with van der Waals surface area (Å²) in [6, 6.07) is 0. The van der Waals surface area contributed by atoms with Crippen molar-refractivity contribution in [3.8, 4) is 0 Å². The van der Waals surface area contributed by atoms with Gasteiger partial charge in [0.1, 0.15) is 0 Å². The molecule has 2 heteroatoms. The van der Waals surface area contributed by atoms with Crippen molar-refractivity contribution >= 4 is 5.91 Å². The predicted molar refractivity (Wildman–Crippen MR) is 40.3 cm³/mol. The summed E-state index contributed by atoms with van der Waals surface area (Å²) >= 11 is 0. The molecule has 2 nitrogen and oxygen atoms in total. The Morgan fingerprint density at radius 3 is 2.50 bits per heavy atom. The number of amides is 1. The van der Waals surface area contributed by atoms with Gasteiger partial charge in [0.2, 0.25) is 5.91 Å². The van der Waals surface area contributed by atoms with Gasteiger partial charge in [-0.25, -0.2) is 0 Å². The van der Waals surface area contributed by atoms with Crippen LogP contribution in [0.3, 0.4) is 0 Å². The van der Waals surface area contributed by atoms with Crippen LogP contribution in [-0.4, -0.2) is 5.91 Å². The fraction of sp³-hybridized carbons (Fsp3) is 0.625. The van der Waals surface area contributed by atoms with E-state index in [1.165, 1.54) is 0 Å². The van der Waals surface area contributed by atoms with Crippen LogP contribution in [0.25, 0.3) is 0 Å². The molecule has 1 rings (SSSR count). The van der Waals surface area contributed by atoms with Crippen molar-refractivity contribution in [3.63, 3.8) is 0 Å². The van der Waals surface area contributed by atoms with Gasteiger partial charge in [0, 0.05) is 12.1 Å². The highest BCUT2D eigenvalue weighted by atomic mass is 16.1. The average Bonchev–Trinajstić information content (AvgIpc) is 1.54. The van der Waals surface area contributed by atoms with E-state index >= 15 is 0 Å². The molecular formula is C8H13NO. The van der Waals surface area contributed by atoms with Crippen molar-refractivity contribution in [1.82, 2.24) is 5.32 Å². The van der Waals surface area contributed by atoms with Gasteiger partial charge in [-0.2, -0.15) is 0 Å².